The second kappa shape index (κ2) is 5.99. The van der Waals surface area contributed by atoms with Gasteiger partial charge in [-0.1, -0.05) is 24.3 Å². The lowest BCUT2D eigenvalue weighted by Gasteiger charge is -2.19. The molecule has 16 heavy (non-hydrogen) atoms. The quantitative estimate of drug-likeness (QED) is 0.769. The van der Waals surface area contributed by atoms with Gasteiger partial charge in [-0.15, -0.1) is 0 Å². The van der Waals surface area contributed by atoms with Crippen molar-refractivity contribution in [3.05, 3.63) is 35.4 Å². The van der Waals surface area contributed by atoms with E-state index in [0.29, 0.717) is 6.61 Å². The Labute approximate surface area is 98.0 Å². The van der Waals surface area contributed by atoms with Crippen molar-refractivity contribution in [1.29, 1.82) is 0 Å². The molecule has 0 aromatic heterocycles. The number of rotatable bonds is 6. The third-order valence-corrected chi connectivity index (χ3v) is 2.31. The summed E-state index contributed by atoms with van der Waals surface area (Å²) in [6, 6.07) is 8.29. The van der Waals surface area contributed by atoms with E-state index in [1.54, 1.807) is 7.11 Å². The van der Waals surface area contributed by atoms with E-state index in [0.717, 1.165) is 13.1 Å². The molecule has 0 aliphatic heterocycles. The predicted molar refractivity (Wildman–Crippen MR) is 67.1 cm³/mol. The van der Waals surface area contributed by atoms with Gasteiger partial charge in [0, 0.05) is 25.7 Å². The molecule has 1 aromatic carbocycles. The van der Waals surface area contributed by atoms with Gasteiger partial charge in [0.25, 0.3) is 0 Å². The first kappa shape index (κ1) is 13.2. The van der Waals surface area contributed by atoms with Crippen molar-refractivity contribution in [3.8, 4) is 0 Å². The number of nitrogens with two attached hydrogens (primary N) is 1. The average molecular weight is 222 g/mol. The van der Waals surface area contributed by atoms with Gasteiger partial charge in [-0.2, -0.15) is 0 Å². The van der Waals surface area contributed by atoms with E-state index in [1.807, 2.05) is 26.0 Å². The maximum Gasteiger partial charge on any atom is 0.0716 e. The second-order valence-corrected chi connectivity index (χ2v) is 4.79. The van der Waals surface area contributed by atoms with Gasteiger partial charge in [0.2, 0.25) is 0 Å². The maximum absolute atomic E-state index is 5.91. The van der Waals surface area contributed by atoms with Crippen LogP contribution in [0.3, 0.4) is 0 Å². The third-order valence-electron chi connectivity index (χ3n) is 2.31. The lowest BCUT2D eigenvalue weighted by atomic mass is 10.1. The predicted octanol–water partition coefficient (Wildman–Crippen LogP) is 1.66. The zero-order valence-electron chi connectivity index (χ0n) is 10.4. The average Bonchev–Trinajstić information content (AvgIpc) is 2.19. The maximum atomic E-state index is 5.91. The number of hydrogen-bond acceptors (Lipinski definition) is 3. The van der Waals surface area contributed by atoms with E-state index in [9.17, 15) is 0 Å². The first-order chi connectivity index (χ1) is 7.53. The molecule has 0 saturated heterocycles. The fraction of sp³-hybridized carbons (Fsp3) is 0.538. The lowest BCUT2D eigenvalue weighted by Crippen LogP contribution is -2.42. The van der Waals surface area contributed by atoms with Gasteiger partial charge in [-0.25, -0.2) is 0 Å². The Bertz CT molecular complexity index is 318. The third kappa shape index (κ3) is 4.75. The van der Waals surface area contributed by atoms with Gasteiger partial charge in [0.1, 0.15) is 0 Å². The Morgan fingerprint density at radius 3 is 2.44 bits per heavy atom. The van der Waals surface area contributed by atoms with Crippen molar-refractivity contribution in [2.45, 2.75) is 32.5 Å². The summed E-state index contributed by atoms with van der Waals surface area (Å²) in [5.74, 6) is 0. The Morgan fingerprint density at radius 2 is 1.88 bits per heavy atom. The van der Waals surface area contributed by atoms with E-state index >= 15 is 0 Å². The lowest BCUT2D eigenvalue weighted by molar-refractivity contribution is 0.184. The van der Waals surface area contributed by atoms with E-state index in [1.165, 1.54) is 11.1 Å². The Hall–Kier alpha value is -0.900. The summed E-state index contributed by atoms with van der Waals surface area (Å²) in [4.78, 5) is 0. The van der Waals surface area contributed by atoms with Gasteiger partial charge >= 0.3 is 0 Å². The van der Waals surface area contributed by atoms with Crippen LogP contribution in [0.25, 0.3) is 0 Å². The van der Waals surface area contributed by atoms with Crippen LogP contribution in [0.5, 0.6) is 0 Å². The molecule has 0 atom stereocenters. The normalized spacial score (nSPS) is 11.8. The van der Waals surface area contributed by atoms with Crippen molar-refractivity contribution in [2.75, 3.05) is 13.7 Å². The summed E-state index contributed by atoms with van der Waals surface area (Å²) in [6.07, 6.45) is 0. The molecule has 1 aromatic rings. The topological polar surface area (TPSA) is 47.3 Å². The fourth-order valence-corrected chi connectivity index (χ4v) is 1.55. The highest BCUT2D eigenvalue weighted by Crippen LogP contribution is 2.09. The van der Waals surface area contributed by atoms with Crippen molar-refractivity contribution in [1.82, 2.24) is 5.32 Å². The van der Waals surface area contributed by atoms with Gasteiger partial charge in [-0.3, -0.25) is 0 Å². The molecule has 3 heteroatoms. The van der Waals surface area contributed by atoms with E-state index in [4.69, 9.17) is 10.5 Å². The summed E-state index contributed by atoms with van der Waals surface area (Å²) >= 11 is 0. The van der Waals surface area contributed by atoms with Crippen molar-refractivity contribution < 1.29 is 4.74 Å². The van der Waals surface area contributed by atoms with Crippen LogP contribution in [-0.2, 0) is 17.9 Å². The van der Waals surface area contributed by atoms with Crippen LogP contribution in [0.4, 0.5) is 0 Å². The highest BCUT2D eigenvalue weighted by atomic mass is 16.5. The monoisotopic (exact) mass is 222 g/mol. The summed E-state index contributed by atoms with van der Waals surface area (Å²) in [5, 5.41) is 3.36. The minimum atomic E-state index is -0.170. The Kier molecular flexibility index (Phi) is 4.93. The number of hydrogen-bond donors (Lipinski definition) is 2. The van der Waals surface area contributed by atoms with Gasteiger partial charge < -0.3 is 15.8 Å². The number of methoxy groups -OCH3 is 1. The first-order valence-electron chi connectivity index (χ1n) is 5.58. The molecular weight excluding hydrogens is 200 g/mol. The minimum Gasteiger partial charge on any atom is -0.380 e. The molecule has 1 rings (SSSR count). The van der Waals surface area contributed by atoms with Gasteiger partial charge in [-0.05, 0) is 25.0 Å². The van der Waals surface area contributed by atoms with E-state index < -0.39 is 0 Å². The highest BCUT2D eigenvalue weighted by Gasteiger charge is 2.09. The molecule has 0 bridgehead atoms. The molecule has 0 unspecified atom stereocenters. The molecule has 0 saturated carbocycles. The Morgan fingerprint density at radius 1 is 1.25 bits per heavy atom. The standard InChI is InChI=1S/C13H22N2O/c1-13(2,14)10-15-8-11-6-4-5-7-12(11)9-16-3/h4-7,15H,8-10,14H2,1-3H3. The molecule has 3 nitrogen and oxygen atoms in total. The van der Waals surface area contributed by atoms with Gasteiger partial charge in [0.05, 0.1) is 6.61 Å². The molecule has 0 heterocycles. The summed E-state index contributed by atoms with van der Waals surface area (Å²) in [6.45, 7) is 6.32. The number of ether oxygens (including phenoxy) is 1. The van der Waals surface area contributed by atoms with Crippen molar-refractivity contribution in [3.63, 3.8) is 0 Å². The zero-order chi connectivity index (χ0) is 12.0. The SMILES string of the molecule is COCc1ccccc1CNCC(C)(C)N. The zero-order valence-corrected chi connectivity index (χ0v) is 10.4. The van der Waals surface area contributed by atoms with Crippen LogP contribution in [0, 0.1) is 0 Å². The van der Waals surface area contributed by atoms with Gasteiger partial charge in [0.15, 0.2) is 0 Å². The summed E-state index contributed by atoms with van der Waals surface area (Å²) in [7, 11) is 1.72. The largest absolute Gasteiger partial charge is 0.380 e. The molecule has 0 aliphatic rings. The molecular formula is C13H22N2O. The van der Waals surface area contributed by atoms with Crippen molar-refractivity contribution in [2.24, 2.45) is 5.73 Å². The van der Waals surface area contributed by atoms with Crippen LogP contribution in [0.2, 0.25) is 0 Å². The first-order valence-corrected chi connectivity index (χ1v) is 5.58. The van der Waals surface area contributed by atoms with Crippen LogP contribution >= 0.6 is 0 Å². The summed E-state index contributed by atoms with van der Waals surface area (Å²) in [5.41, 5.74) is 8.24. The molecule has 0 spiro atoms. The van der Waals surface area contributed by atoms with E-state index in [2.05, 4.69) is 17.4 Å². The van der Waals surface area contributed by atoms with E-state index in [-0.39, 0.29) is 5.54 Å². The molecule has 3 N–H and O–H groups in total. The van der Waals surface area contributed by atoms with Crippen LogP contribution < -0.4 is 11.1 Å². The highest BCUT2D eigenvalue weighted by molar-refractivity contribution is 5.26. The van der Waals surface area contributed by atoms with Crippen LogP contribution in [0.1, 0.15) is 25.0 Å². The fourth-order valence-electron chi connectivity index (χ4n) is 1.55. The van der Waals surface area contributed by atoms with Crippen molar-refractivity contribution >= 4 is 0 Å². The smallest absolute Gasteiger partial charge is 0.0716 e. The summed E-state index contributed by atoms with van der Waals surface area (Å²) < 4.78 is 5.16. The second-order valence-electron chi connectivity index (χ2n) is 4.79. The molecule has 0 radical (unpaired) electrons. The van der Waals surface area contributed by atoms with Crippen LogP contribution in [-0.4, -0.2) is 19.2 Å². The molecule has 0 amide bonds. The molecule has 0 aliphatic carbocycles. The van der Waals surface area contributed by atoms with Crippen LogP contribution in [0.15, 0.2) is 24.3 Å². The molecule has 0 fully saturated rings. The number of nitrogens with one attached hydrogen (secondary N) is 1. The Balaban J connectivity index is 2.52. The molecule has 90 valence electrons. The number of benzene rings is 1. The minimum absolute atomic E-state index is 0.170.